The van der Waals surface area contributed by atoms with E-state index in [-0.39, 0.29) is 5.56 Å². The van der Waals surface area contributed by atoms with Gasteiger partial charge in [-0.2, -0.15) is 5.21 Å². The minimum absolute atomic E-state index is 0.143. The summed E-state index contributed by atoms with van der Waals surface area (Å²) < 4.78 is 0. The van der Waals surface area contributed by atoms with Crippen molar-refractivity contribution in [3.05, 3.63) is 40.8 Å². The molecule has 122 valence electrons. The van der Waals surface area contributed by atoms with E-state index < -0.39 is 0 Å². The number of hydrogen-bond acceptors (Lipinski definition) is 7. The second-order valence-corrected chi connectivity index (χ2v) is 7.20. The molecule has 9 heteroatoms. The number of benzene rings is 1. The molecule has 3 heterocycles. The van der Waals surface area contributed by atoms with E-state index in [1.165, 1.54) is 6.07 Å². The highest BCUT2D eigenvalue weighted by molar-refractivity contribution is 8.00. The van der Waals surface area contributed by atoms with Crippen molar-refractivity contribution >= 4 is 24.4 Å². The van der Waals surface area contributed by atoms with Gasteiger partial charge in [0, 0.05) is 46.0 Å². The van der Waals surface area contributed by atoms with E-state index in [1.807, 2.05) is 6.07 Å². The maximum atomic E-state index is 11.3. The molecule has 0 aliphatic carbocycles. The highest BCUT2D eigenvalue weighted by atomic mass is 32.2. The molecule has 1 saturated heterocycles. The predicted octanol–water partition coefficient (Wildman–Crippen LogP) is 1.57. The van der Waals surface area contributed by atoms with Crippen molar-refractivity contribution in [1.82, 2.24) is 30.9 Å². The quantitative estimate of drug-likeness (QED) is 0.529. The summed E-state index contributed by atoms with van der Waals surface area (Å²) in [6.07, 6.45) is 1.68. The van der Waals surface area contributed by atoms with Crippen LogP contribution in [-0.2, 0) is 0 Å². The zero-order valence-electron chi connectivity index (χ0n) is 12.5. The smallest absolute Gasteiger partial charge is 0.247 e. The first kappa shape index (κ1) is 15.4. The van der Waals surface area contributed by atoms with E-state index in [2.05, 4.69) is 37.0 Å². The Morgan fingerprint density at radius 3 is 2.71 bits per heavy atom. The van der Waals surface area contributed by atoms with Gasteiger partial charge in [0.15, 0.2) is 0 Å². The summed E-state index contributed by atoms with van der Waals surface area (Å²) in [5, 5.41) is 18.2. The second kappa shape index (κ2) is 6.42. The Hall–Kier alpha value is -2.10. The monoisotopic (exact) mass is 358 g/mol. The minimum atomic E-state index is -0.143. The van der Waals surface area contributed by atoms with E-state index in [4.69, 9.17) is 12.6 Å². The molecule has 3 aromatic rings. The third-order valence-corrected chi connectivity index (χ3v) is 5.72. The number of aromatic nitrogens is 5. The number of rotatable bonds is 4. The largest absolute Gasteiger partial charge is 0.328 e. The van der Waals surface area contributed by atoms with Gasteiger partial charge in [-0.3, -0.25) is 4.79 Å². The highest BCUT2D eigenvalue weighted by Crippen LogP contribution is 2.41. The molecule has 1 fully saturated rings. The fourth-order valence-electron chi connectivity index (χ4n) is 2.50. The van der Waals surface area contributed by atoms with E-state index in [1.54, 1.807) is 24.0 Å². The van der Waals surface area contributed by atoms with E-state index in [0.29, 0.717) is 11.1 Å². The Balaban J connectivity index is 1.85. The summed E-state index contributed by atoms with van der Waals surface area (Å²) in [5.74, 6) is 0.482. The molecule has 4 rings (SSSR count). The lowest BCUT2D eigenvalue weighted by molar-refractivity contribution is 0.543. The molecule has 3 N–H and O–H groups in total. The maximum absolute atomic E-state index is 11.3. The Morgan fingerprint density at radius 1 is 1.21 bits per heavy atom. The number of tetrazole rings is 1. The van der Waals surface area contributed by atoms with Crippen LogP contribution in [0.15, 0.2) is 45.0 Å². The molecular formula is C15H14N6OS2. The van der Waals surface area contributed by atoms with Gasteiger partial charge in [-0.15, -0.1) is 34.6 Å². The van der Waals surface area contributed by atoms with Crippen LogP contribution in [0.25, 0.3) is 22.5 Å². The van der Waals surface area contributed by atoms with Crippen LogP contribution in [0, 0.1) is 0 Å². The SMILES string of the molecule is O=c1ccc(-c2ccc(SC3CNC3)c(S)c2-c2nn[nH]n2)c[nH]1. The molecule has 1 aliphatic rings. The van der Waals surface area contributed by atoms with Gasteiger partial charge >= 0.3 is 0 Å². The van der Waals surface area contributed by atoms with Crippen molar-refractivity contribution in [2.45, 2.75) is 15.0 Å². The fraction of sp³-hybridized carbons (Fsp3) is 0.200. The van der Waals surface area contributed by atoms with E-state index in [9.17, 15) is 4.79 Å². The number of thiol groups is 1. The topological polar surface area (TPSA) is 99.3 Å². The second-order valence-electron chi connectivity index (χ2n) is 5.41. The average molecular weight is 358 g/mol. The molecule has 0 amide bonds. The Bertz CT molecular complexity index is 900. The van der Waals surface area contributed by atoms with Gasteiger partial charge in [-0.1, -0.05) is 6.07 Å². The van der Waals surface area contributed by atoms with Crippen LogP contribution in [0.1, 0.15) is 0 Å². The molecule has 0 spiro atoms. The van der Waals surface area contributed by atoms with Gasteiger partial charge < -0.3 is 10.3 Å². The van der Waals surface area contributed by atoms with Crippen molar-refractivity contribution in [3.63, 3.8) is 0 Å². The number of aromatic amines is 2. The van der Waals surface area contributed by atoms with Crippen LogP contribution in [-0.4, -0.2) is 43.9 Å². The molecule has 0 bridgehead atoms. The van der Waals surface area contributed by atoms with Gasteiger partial charge in [0.2, 0.25) is 11.4 Å². The zero-order valence-corrected chi connectivity index (χ0v) is 14.2. The normalized spacial score (nSPS) is 14.5. The standard InChI is InChI=1S/C15H14N6OS2/c22-12-4-1-8(5-17-12)10-2-3-11(24-9-6-16-7-9)14(23)13(10)15-18-20-21-19-15/h1-5,9,16,23H,6-7H2,(H,17,22)(H,18,19,20,21). The third kappa shape index (κ3) is 2.85. The number of nitrogens with one attached hydrogen (secondary N) is 3. The molecule has 1 aliphatic heterocycles. The van der Waals surface area contributed by atoms with Crippen LogP contribution in [0.2, 0.25) is 0 Å². The van der Waals surface area contributed by atoms with Crippen LogP contribution in [0.4, 0.5) is 0 Å². The first-order chi connectivity index (χ1) is 11.7. The number of hydrogen-bond donors (Lipinski definition) is 4. The summed E-state index contributed by atoms with van der Waals surface area (Å²) in [5.41, 5.74) is 2.42. The van der Waals surface area contributed by atoms with Crippen LogP contribution in [0.3, 0.4) is 0 Å². The van der Waals surface area contributed by atoms with Gasteiger partial charge in [0.25, 0.3) is 0 Å². The molecule has 2 aromatic heterocycles. The van der Waals surface area contributed by atoms with Crippen molar-refractivity contribution in [2.24, 2.45) is 0 Å². The molecule has 0 atom stereocenters. The van der Waals surface area contributed by atoms with Crippen molar-refractivity contribution in [2.75, 3.05) is 13.1 Å². The number of H-pyrrole nitrogens is 2. The molecule has 24 heavy (non-hydrogen) atoms. The summed E-state index contributed by atoms with van der Waals surface area (Å²) >= 11 is 6.53. The lowest BCUT2D eigenvalue weighted by Gasteiger charge is -2.27. The summed E-state index contributed by atoms with van der Waals surface area (Å²) in [6.45, 7) is 1.99. The molecule has 0 saturated carbocycles. The molecule has 7 nitrogen and oxygen atoms in total. The summed E-state index contributed by atoms with van der Waals surface area (Å²) in [6, 6.07) is 7.33. The van der Waals surface area contributed by atoms with Gasteiger partial charge in [-0.05, 0) is 28.5 Å². The average Bonchev–Trinajstić information content (AvgIpc) is 3.06. The molecule has 0 radical (unpaired) electrons. The maximum Gasteiger partial charge on any atom is 0.247 e. The number of nitrogens with zero attached hydrogens (tertiary/aromatic N) is 3. The van der Waals surface area contributed by atoms with Crippen LogP contribution < -0.4 is 10.9 Å². The first-order valence-electron chi connectivity index (χ1n) is 7.38. The predicted molar refractivity (Wildman–Crippen MR) is 95.4 cm³/mol. The Kier molecular flexibility index (Phi) is 4.13. The highest BCUT2D eigenvalue weighted by Gasteiger charge is 2.22. The fourth-order valence-corrected chi connectivity index (χ4v) is 4.08. The Morgan fingerprint density at radius 2 is 2.08 bits per heavy atom. The number of thioether (sulfide) groups is 1. The van der Waals surface area contributed by atoms with Gasteiger partial charge in [-0.25, -0.2) is 0 Å². The molecule has 1 aromatic carbocycles. The van der Waals surface area contributed by atoms with Crippen LogP contribution >= 0.6 is 24.4 Å². The first-order valence-corrected chi connectivity index (χ1v) is 8.71. The lowest BCUT2D eigenvalue weighted by atomic mass is 10.0. The third-order valence-electron chi connectivity index (χ3n) is 3.84. The lowest BCUT2D eigenvalue weighted by Crippen LogP contribution is -2.44. The van der Waals surface area contributed by atoms with E-state index >= 15 is 0 Å². The molecule has 0 unspecified atom stereocenters. The van der Waals surface area contributed by atoms with Crippen LogP contribution in [0.5, 0.6) is 0 Å². The summed E-state index contributed by atoms with van der Waals surface area (Å²) in [7, 11) is 0. The van der Waals surface area contributed by atoms with E-state index in [0.717, 1.165) is 39.6 Å². The Labute approximate surface area is 147 Å². The summed E-state index contributed by atoms with van der Waals surface area (Å²) in [4.78, 5) is 15.9. The van der Waals surface area contributed by atoms with Gasteiger partial charge in [0.05, 0.1) is 0 Å². The zero-order chi connectivity index (χ0) is 16.5. The van der Waals surface area contributed by atoms with Crippen molar-refractivity contribution in [3.8, 4) is 22.5 Å². The van der Waals surface area contributed by atoms with Crippen molar-refractivity contribution in [1.29, 1.82) is 0 Å². The number of pyridine rings is 1. The van der Waals surface area contributed by atoms with Crippen molar-refractivity contribution < 1.29 is 0 Å². The molecular weight excluding hydrogens is 344 g/mol. The minimum Gasteiger partial charge on any atom is -0.328 e. The van der Waals surface area contributed by atoms with Gasteiger partial charge in [0.1, 0.15) is 0 Å².